The molecule has 0 N–H and O–H groups in total. The highest BCUT2D eigenvalue weighted by Crippen LogP contribution is 2.56. The molecule has 2 aliphatic rings. The van der Waals surface area contributed by atoms with Crippen molar-refractivity contribution in [2.45, 2.75) is 52.4 Å². The first-order chi connectivity index (χ1) is 5.72. The molecule has 0 aliphatic heterocycles. The summed E-state index contributed by atoms with van der Waals surface area (Å²) in [4.78, 5) is 0. The van der Waals surface area contributed by atoms with Crippen LogP contribution in [-0.2, 0) is 0 Å². The molecule has 0 aromatic carbocycles. The van der Waals surface area contributed by atoms with Crippen LogP contribution >= 0.6 is 0 Å². The average Bonchev–Trinajstić information content (AvgIpc) is 2.79. The maximum Gasteiger partial charge on any atom is 0.0587 e. The van der Waals surface area contributed by atoms with E-state index in [1.54, 1.807) is 31.8 Å². The van der Waals surface area contributed by atoms with Crippen LogP contribution in [-0.4, -0.2) is 0 Å². The summed E-state index contributed by atoms with van der Waals surface area (Å²) in [6.45, 7) is 3.83. The summed E-state index contributed by atoms with van der Waals surface area (Å²) in [7, 11) is 0. The second kappa shape index (κ2) is 3.94. The average molecular weight is 165 g/mol. The fourth-order valence-corrected chi connectivity index (χ4v) is 2.05. The van der Waals surface area contributed by atoms with Gasteiger partial charge in [-0.1, -0.05) is 19.8 Å². The SMILES string of the molecule is CC#N.CC1CCC2(CC1)CC2. The maximum absolute atomic E-state index is 7.32. The highest BCUT2D eigenvalue weighted by atomic mass is 14.5. The molecular formula is C11H19N. The zero-order chi connectivity index (χ0) is 9.03. The van der Waals surface area contributed by atoms with Gasteiger partial charge in [-0.3, -0.25) is 0 Å². The minimum absolute atomic E-state index is 0.909. The van der Waals surface area contributed by atoms with E-state index in [0.29, 0.717) is 0 Å². The first kappa shape index (κ1) is 9.58. The zero-order valence-corrected chi connectivity index (χ0v) is 8.27. The quantitative estimate of drug-likeness (QED) is 0.539. The fourth-order valence-electron chi connectivity index (χ4n) is 2.05. The summed E-state index contributed by atoms with van der Waals surface area (Å²) in [5, 5.41) is 7.32. The molecule has 1 spiro atoms. The second-order valence-corrected chi connectivity index (χ2v) is 4.41. The number of rotatable bonds is 0. The summed E-state index contributed by atoms with van der Waals surface area (Å²) in [6.07, 6.45) is 9.24. The lowest BCUT2D eigenvalue weighted by Gasteiger charge is -2.25. The van der Waals surface area contributed by atoms with Gasteiger partial charge in [0.1, 0.15) is 0 Å². The molecule has 2 rings (SSSR count). The predicted molar refractivity (Wildman–Crippen MR) is 50.6 cm³/mol. The maximum atomic E-state index is 7.32. The van der Waals surface area contributed by atoms with Crippen LogP contribution < -0.4 is 0 Å². The van der Waals surface area contributed by atoms with Crippen LogP contribution in [0.15, 0.2) is 0 Å². The van der Waals surface area contributed by atoms with E-state index < -0.39 is 0 Å². The van der Waals surface area contributed by atoms with E-state index in [4.69, 9.17) is 5.26 Å². The topological polar surface area (TPSA) is 23.8 Å². The third-order valence-electron chi connectivity index (χ3n) is 3.29. The van der Waals surface area contributed by atoms with Crippen LogP contribution in [0.3, 0.4) is 0 Å². The summed E-state index contributed by atoms with van der Waals surface area (Å²) in [6, 6.07) is 1.75. The van der Waals surface area contributed by atoms with Gasteiger partial charge >= 0.3 is 0 Å². The minimum Gasteiger partial charge on any atom is -0.199 e. The Morgan fingerprint density at radius 3 is 1.92 bits per heavy atom. The minimum atomic E-state index is 0.909. The lowest BCUT2D eigenvalue weighted by Crippen LogP contribution is -2.12. The molecule has 68 valence electrons. The lowest BCUT2D eigenvalue weighted by molar-refractivity contribution is 0.271. The second-order valence-electron chi connectivity index (χ2n) is 4.41. The smallest absolute Gasteiger partial charge is 0.0587 e. The molecule has 1 heteroatoms. The molecule has 2 aliphatic carbocycles. The van der Waals surface area contributed by atoms with Gasteiger partial charge in [0.2, 0.25) is 0 Å². The summed E-state index contributed by atoms with van der Waals surface area (Å²) >= 11 is 0. The van der Waals surface area contributed by atoms with Crippen LogP contribution in [0.25, 0.3) is 0 Å². The van der Waals surface area contributed by atoms with Crippen LogP contribution in [0.4, 0.5) is 0 Å². The van der Waals surface area contributed by atoms with Gasteiger partial charge in [-0.15, -0.1) is 0 Å². The molecule has 0 radical (unpaired) electrons. The Morgan fingerprint density at radius 2 is 1.58 bits per heavy atom. The van der Waals surface area contributed by atoms with Gasteiger partial charge in [0, 0.05) is 6.92 Å². The predicted octanol–water partition coefficient (Wildman–Crippen LogP) is 3.51. The van der Waals surface area contributed by atoms with Crippen molar-refractivity contribution in [1.82, 2.24) is 0 Å². The molecule has 0 aromatic rings. The molecule has 1 nitrogen and oxygen atoms in total. The Bertz CT molecular complexity index is 164. The Kier molecular flexibility index (Phi) is 3.14. The monoisotopic (exact) mass is 165 g/mol. The molecule has 0 aromatic heterocycles. The van der Waals surface area contributed by atoms with E-state index in [1.807, 2.05) is 0 Å². The van der Waals surface area contributed by atoms with Crippen molar-refractivity contribution in [1.29, 1.82) is 5.26 Å². The Hall–Kier alpha value is -0.510. The first-order valence-corrected chi connectivity index (χ1v) is 5.03. The van der Waals surface area contributed by atoms with Crippen molar-refractivity contribution in [2.75, 3.05) is 0 Å². The van der Waals surface area contributed by atoms with E-state index in [1.165, 1.54) is 19.8 Å². The highest BCUT2D eigenvalue weighted by molar-refractivity contribution is 4.95. The van der Waals surface area contributed by atoms with Gasteiger partial charge in [-0.25, -0.2) is 0 Å². The Labute approximate surface area is 75.8 Å². The molecule has 0 bridgehead atoms. The van der Waals surface area contributed by atoms with Crippen molar-refractivity contribution in [2.24, 2.45) is 11.3 Å². The third kappa shape index (κ3) is 2.52. The van der Waals surface area contributed by atoms with Gasteiger partial charge in [-0.2, -0.15) is 5.26 Å². The molecular weight excluding hydrogens is 146 g/mol. The van der Waals surface area contributed by atoms with E-state index in [2.05, 4.69) is 6.92 Å². The molecule has 0 atom stereocenters. The van der Waals surface area contributed by atoms with Crippen LogP contribution in [0.5, 0.6) is 0 Å². The zero-order valence-electron chi connectivity index (χ0n) is 8.27. The normalized spacial score (nSPS) is 25.4. The van der Waals surface area contributed by atoms with Crippen LogP contribution in [0.2, 0.25) is 0 Å². The summed E-state index contributed by atoms with van der Waals surface area (Å²) in [5.74, 6) is 1.04. The Morgan fingerprint density at radius 1 is 1.17 bits per heavy atom. The van der Waals surface area contributed by atoms with Crippen LogP contribution in [0, 0.1) is 22.7 Å². The van der Waals surface area contributed by atoms with Crippen molar-refractivity contribution in [3.8, 4) is 6.07 Å². The molecule has 2 fully saturated rings. The van der Waals surface area contributed by atoms with Gasteiger partial charge in [0.15, 0.2) is 0 Å². The van der Waals surface area contributed by atoms with Crippen molar-refractivity contribution < 1.29 is 0 Å². The lowest BCUT2D eigenvalue weighted by atomic mass is 9.81. The van der Waals surface area contributed by atoms with E-state index in [0.717, 1.165) is 11.3 Å². The number of nitrogens with zero attached hydrogens (tertiary/aromatic N) is 1. The summed E-state index contributed by atoms with van der Waals surface area (Å²) < 4.78 is 0. The largest absolute Gasteiger partial charge is 0.199 e. The molecule has 12 heavy (non-hydrogen) atoms. The van der Waals surface area contributed by atoms with Gasteiger partial charge in [-0.05, 0) is 37.0 Å². The number of hydrogen-bond donors (Lipinski definition) is 0. The van der Waals surface area contributed by atoms with Crippen molar-refractivity contribution in [3.63, 3.8) is 0 Å². The number of nitriles is 1. The van der Waals surface area contributed by atoms with Crippen LogP contribution in [0.1, 0.15) is 52.4 Å². The molecule has 0 saturated heterocycles. The third-order valence-corrected chi connectivity index (χ3v) is 3.29. The van der Waals surface area contributed by atoms with Gasteiger partial charge < -0.3 is 0 Å². The van der Waals surface area contributed by atoms with E-state index in [-0.39, 0.29) is 0 Å². The fraction of sp³-hybridized carbons (Fsp3) is 0.909. The molecule has 0 unspecified atom stereocenters. The molecule has 0 heterocycles. The van der Waals surface area contributed by atoms with Crippen molar-refractivity contribution >= 4 is 0 Å². The standard InChI is InChI=1S/C9H16.C2H3N/c1-8-2-4-9(5-3-8)6-7-9;1-2-3/h8H,2-7H2,1H3;1H3. The Balaban J connectivity index is 0.000000213. The van der Waals surface area contributed by atoms with E-state index in [9.17, 15) is 0 Å². The molecule has 2 saturated carbocycles. The van der Waals surface area contributed by atoms with Crippen molar-refractivity contribution in [3.05, 3.63) is 0 Å². The first-order valence-electron chi connectivity index (χ1n) is 5.03. The number of hydrogen-bond acceptors (Lipinski definition) is 1. The van der Waals surface area contributed by atoms with Gasteiger partial charge in [0.25, 0.3) is 0 Å². The summed E-state index contributed by atoms with van der Waals surface area (Å²) in [5.41, 5.74) is 0.909. The molecule has 0 amide bonds. The van der Waals surface area contributed by atoms with Gasteiger partial charge in [0.05, 0.1) is 6.07 Å². The highest BCUT2D eigenvalue weighted by Gasteiger charge is 2.43. The van der Waals surface area contributed by atoms with E-state index >= 15 is 0 Å².